The summed E-state index contributed by atoms with van der Waals surface area (Å²) in [6.07, 6.45) is -4.08. The van der Waals surface area contributed by atoms with Gasteiger partial charge in [0.05, 0.1) is 17.9 Å². The first-order valence-corrected chi connectivity index (χ1v) is 8.13. The van der Waals surface area contributed by atoms with E-state index < -0.39 is 17.6 Å². The fraction of sp³-hybridized carbons (Fsp3) is 0.316. The van der Waals surface area contributed by atoms with E-state index in [4.69, 9.17) is 4.74 Å². The molecule has 1 amide bonds. The van der Waals surface area contributed by atoms with Gasteiger partial charge in [-0.2, -0.15) is 13.2 Å². The van der Waals surface area contributed by atoms with E-state index in [2.05, 4.69) is 5.32 Å². The van der Waals surface area contributed by atoms with E-state index in [9.17, 15) is 18.0 Å². The number of alkyl halides is 3. The van der Waals surface area contributed by atoms with Gasteiger partial charge in [-0.15, -0.1) is 0 Å². The van der Waals surface area contributed by atoms with E-state index in [-0.39, 0.29) is 12.1 Å². The van der Waals surface area contributed by atoms with E-state index in [1.165, 1.54) is 12.1 Å². The quantitative estimate of drug-likeness (QED) is 0.730. The van der Waals surface area contributed by atoms with Crippen LogP contribution in [0.3, 0.4) is 0 Å². The molecule has 0 atom stereocenters. The monoisotopic (exact) mass is 366 g/mol. The van der Waals surface area contributed by atoms with Crippen molar-refractivity contribution in [1.82, 2.24) is 0 Å². The van der Waals surface area contributed by atoms with Crippen LogP contribution in [0.15, 0.2) is 48.5 Å². The number of hydrogen-bond donors (Lipinski definition) is 1. The fourth-order valence-corrected chi connectivity index (χ4v) is 2.31. The number of ether oxygens (including phenoxy) is 1. The number of anilines is 2. The Kier molecular flexibility index (Phi) is 6.49. The lowest BCUT2D eigenvalue weighted by Crippen LogP contribution is -2.18. The first-order chi connectivity index (χ1) is 12.3. The van der Waals surface area contributed by atoms with Crippen molar-refractivity contribution in [1.29, 1.82) is 0 Å². The number of carbonyl (C=O) groups is 1. The van der Waals surface area contributed by atoms with Crippen LogP contribution in [0.2, 0.25) is 0 Å². The van der Waals surface area contributed by atoms with Gasteiger partial charge in [0.15, 0.2) is 0 Å². The van der Waals surface area contributed by atoms with Crippen LogP contribution < -0.4 is 15.0 Å². The Morgan fingerprint density at radius 1 is 1.12 bits per heavy atom. The zero-order chi connectivity index (χ0) is 19.2. The summed E-state index contributed by atoms with van der Waals surface area (Å²) in [4.78, 5) is 13.5. The van der Waals surface area contributed by atoms with E-state index in [1.54, 1.807) is 31.1 Å². The third kappa shape index (κ3) is 5.68. The van der Waals surface area contributed by atoms with Gasteiger partial charge in [0.25, 0.3) is 0 Å². The van der Waals surface area contributed by atoms with Crippen molar-refractivity contribution in [2.75, 3.05) is 30.9 Å². The van der Waals surface area contributed by atoms with Crippen LogP contribution in [0.4, 0.5) is 24.5 Å². The molecule has 0 saturated carbocycles. The van der Waals surface area contributed by atoms with Crippen LogP contribution in [0.1, 0.15) is 18.4 Å². The van der Waals surface area contributed by atoms with Crippen molar-refractivity contribution < 1.29 is 22.7 Å². The van der Waals surface area contributed by atoms with E-state index in [1.807, 2.05) is 18.2 Å². The van der Waals surface area contributed by atoms with E-state index in [0.29, 0.717) is 24.5 Å². The molecule has 2 aromatic rings. The van der Waals surface area contributed by atoms with Gasteiger partial charge in [0.2, 0.25) is 5.91 Å². The molecule has 0 heterocycles. The lowest BCUT2D eigenvalue weighted by Gasteiger charge is -2.18. The minimum absolute atomic E-state index is 0.0690. The molecule has 0 aliphatic carbocycles. The zero-order valence-corrected chi connectivity index (χ0v) is 14.6. The second-order valence-corrected chi connectivity index (χ2v) is 5.94. The molecule has 0 aromatic heterocycles. The molecule has 4 nitrogen and oxygen atoms in total. The second kappa shape index (κ2) is 8.60. The summed E-state index contributed by atoms with van der Waals surface area (Å²) in [6.45, 7) is 0.309. The molecule has 1 N–H and O–H groups in total. The summed E-state index contributed by atoms with van der Waals surface area (Å²) in [5, 5.41) is 2.35. The number of nitrogens with one attached hydrogen (secondary N) is 1. The number of nitrogens with zero attached hydrogens (tertiary/aromatic N) is 1. The van der Waals surface area contributed by atoms with Crippen molar-refractivity contribution in [3.05, 3.63) is 54.1 Å². The topological polar surface area (TPSA) is 41.6 Å². The van der Waals surface area contributed by atoms with Crippen molar-refractivity contribution in [3.63, 3.8) is 0 Å². The molecule has 0 unspecified atom stereocenters. The third-order valence-corrected chi connectivity index (χ3v) is 3.66. The van der Waals surface area contributed by atoms with Gasteiger partial charge < -0.3 is 15.0 Å². The van der Waals surface area contributed by atoms with Crippen LogP contribution in [-0.2, 0) is 11.0 Å². The Hall–Kier alpha value is -2.70. The molecule has 140 valence electrons. The highest BCUT2D eigenvalue weighted by atomic mass is 19.4. The molecule has 7 heteroatoms. The SMILES string of the molecule is CN(C)c1ccc(NC(=O)CCCOc2ccccc2)c(C(F)(F)F)c1. The molecule has 0 bridgehead atoms. The summed E-state index contributed by atoms with van der Waals surface area (Å²) in [5.41, 5.74) is -0.693. The Balaban J connectivity index is 1.93. The summed E-state index contributed by atoms with van der Waals surface area (Å²) in [6, 6.07) is 12.9. The van der Waals surface area contributed by atoms with Gasteiger partial charge in [-0.05, 0) is 36.8 Å². The number of carbonyl (C=O) groups excluding carboxylic acids is 1. The molecule has 0 radical (unpaired) electrons. The van der Waals surface area contributed by atoms with Crippen LogP contribution in [0, 0.1) is 0 Å². The predicted molar refractivity (Wildman–Crippen MR) is 95.6 cm³/mol. The molecular formula is C19H21F3N2O2. The van der Waals surface area contributed by atoms with Gasteiger partial charge in [-0.25, -0.2) is 0 Å². The molecule has 2 aromatic carbocycles. The minimum Gasteiger partial charge on any atom is -0.494 e. The van der Waals surface area contributed by atoms with Gasteiger partial charge in [0.1, 0.15) is 5.75 Å². The summed E-state index contributed by atoms with van der Waals surface area (Å²) < 4.78 is 45.2. The maximum atomic E-state index is 13.2. The highest BCUT2D eigenvalue weighted by molar-refractivity contribution is 5.92. The summed E-state index contributed by atoms with van der Waals surface area (Å²) in [5.74, 6) is 0.205. The van der Waals surface area contributed by atoms with Gasteiger partial charge >= 0.3 is 6.18 Å². The average Bonchev–Trinajstić information content (AvgIpc) is 2.59. The molecule has 26 heavy (non-hydrogen) atoms. The van der Waals surface area contributed by atoms with Crippen LogP contribution >= 0.6 is 0 Å². The number of para-hydroxylation sites is 1. The molecule has 0 aliphatic rings. The normalized spacial score (nSPS) is 11.1. The van der Waals surface area contributed by atoms with Crippen molar-refractivity contribution in [2.24, 2.45) is 0 Å². The van der Waals surface area contributed by atoms with Gasteiger partial charge in [0, 0.05) is 26.2 Å². The van der Waals surface area contributed by atoms with Crippen LogP contribution in [-0.4, -0.2) is 26.6 Å². The molecule has 2 rings (SSSR count). The Morgan fingerprint density at radius 2 is 1.81 bits per heavy atom. The first-order valence-electron chi connectivity index (χ1n) is 8.13. The molecular weight excluding hydrogens is 345 g/mol. The minimum atomic E-state index is -4.55. The van der Waals surface area contributed by atoms with Crippen LogP contribution in [0.5, 0.6) is 5.75 Å². The second-order valence-electron chi connectivity index (χ2n) is 5.94. The average molecular weight is 366 g/mol. The zero-order valence-electron chi connectivity index (χ0n) is 14.6. The fourth-order valence-electron chi connectivity index (χ4n) is 2.31. The highest BCUT2D eigenvalue weighted by Crippen LogP contribution is 2.37. The maximum Gasteiger partial charge on any atom is 0.418 e. The Bertz CT molecular complexity index is 731. The smallest absolute Gasteiger partial charge is 0.418 e. The Morgan fingerprint density at radius 3 is 2.42 bits per heavy atom. The first kappa shape index (κ1) is 19.6. The predicted octanol–water partition coefficient (Wildman–Crippen LogP) is 4.57. The van der Waals surface area contributed by atoms with E-state index >= 15 is 0 Å². The summed E-state index contributed by atoms with van der Waals surface area (Å²) >= 11 is 0. The lowest BCUT2D eigenvalue weighted by molar-refractivity contribution is -0.136. The van der Waals surface area contributed by atoms with Crippen molar-refractivity contribution in [3.8, 4) is 5.75 Å². The molecule has 0 aliphatic heterocycles. The van der Waals surface area contributed by atoms with Crippen molar-refractivity contribution in [2.45, 2.75) is 19.0 Å². The number of amides is 1. The van der Waals surface area contributed by atoms with Gasteiger partial charge in [-0.1, -0.05) is 18.2 Å². The Labute approximate surface area is 150 Å². The number of halogens is 3. The van der Waals surface area contributed by atoms with Gasteiger partial charge in [-0.3, -0.25) is 4.79 Å². The highest BCUT2D eigenvalue weighted by Gasteiger charge is 2.34. The van der Waals surface area contributed by atoms with Crippen LogP contribution in [0.25, 0.3) is 0 Å². The van der Waals surface area contributed by atoms with E-state index in [0.717, 1.165) is 6.07 Å². The largest absolute Gasteiger partial charge is 0.494 e. The van der Waals surface area contributed by atoms with Crippen molar-refractivity contribution >= 4 is 17.3 Å². The molecule has 0 fully saturated rings. The maximum absolute atomic E-state index is 13.2. The number of hydrogen-bond acceptors (Lipinski definition) is 3. The lowest BCUT2D eigenvalue weighted by atomic mass is 10.1. The summed E-state index contributed by atoms with van der Waals surface area (Å²) in [7, 11) is 3.31. The molecule has 0 spiro atoms. The molecule has 0 saturated heterocycles. The third-order valence-electron chi connectivity index (χ3n) is 3.66. The number of benzene rings is 2. The standard InChI is InChI=1S/C19H21F3N2O2/c1-24(2)14-10-11-17(16(13-14)19(20,21)22)23-18(25)9-6-12-26-15-7-4-3-5-8-15/h3-5,7-8,10-11,13H,6,9,12H2,1-2H3,(H,23,25). The number of rotatable bonds is 7.